The lowest BCUT2D eigenvalue weighted by Gasteiger charge is -2.28. The number of carbonyl (C=O) groups is 2. The van der Waals surface area contributed by atoms with E-state index in [2.05, 4.69) is 26.0 Å². The first-order valence-electron chi connectivity index (χ1n) is 13.2. The molecule has 2 aromatic carbocycles. The summed E-state index contributed by atoms with van der Waals surface area (Å²) < 4.78 is 5.22. The maximum absolute atomic E-state index is 13.6. The fourth-order valence-electron chi connectivity index (χ4n) is 4.29. The van der Waals surface area contributed by atoms with E-state index in [9.17, 15) is 9.59 Å². The van der Waals surface area contributed by atoms with E-state index in [1.54, 1.807) is 23.3 Å². The summed E-state index contributed by atoms with van der Waals surface area (Å²) in [5.74, 6) is -0.173. The average molecular weight is 521 g/mol. The molecule has 0 bridgehead atoms. The molecule has 6 heteroatoms. The van der Waals surface area contributed by atoms with Gasteiger partial charge in [-0.3, -0.25) is 9.59 Å². The Balaban J connectivity index is 1.75. The van der Waals surface area contributed by atoms with Crippen molar-refractivity contribution in [2.24, 2.45) is 0 Å². The third kappa shape index (κ3) is 9.45. The van der Waals surface area contributed by atoms with Gasteiger partial charge in [0, 0.05) is 42.1 Å². The van der Waals surface area contributed by atoms with Crippen molar-refractivity contribution < 1.29 is 14.3 Å². The number of carbonyl (C=O) groups excluding carboxylic acids is 2. The Morgan fingerprint density at radius 3 is 2.24 bits per heavy atom. The minimum Gasteiger partial charge on any atom is -0.385 e. The summed E-state index contributed by atoms with van der Waals surface area (Å²) in [5, 5.41) is 0. The Morgan fingerprint density at radius 1 is 0.838 bits per heavy atom. The van der Waals surface area contributed by atoms with Crippen LogP contribution in [0.4, 0.5) is 0 Å². The first-order valence-corrected chi connectivity index (χ1v) is 14.1. The van der Waals surface area contributed by atoms with Crippen LogP contribution in [0.2, 0.25) is 0 Å². The topological polar surface area (TPSA) is 49.9 Å². The Morgan fingerprint density at radius 2 is 1.59 bits per heavy atom. The normalized spacial score (nSPS) is 10.9. The molecule has 37 heavy (non-hydrogen) atoms. The summed E-state index contributed by atoms with van der Waals surface area (Å²) in [6.07, 6.45) is 5.25. The Bertz CT molecular complexity index is 1100. The number of amides is 2. The zero-order valence-electron chi connectivity index (χ0n) is 22.4. The second-order valence-electron chi connectivity index (χ2n) is 9.47. The molecule has 198 valence electrons. The van der Waals surface area contributed by atoms with E-state index in [4.69, 9.17) is 4.74 Å². The molecular weight excluding hydrogens is 480 g/mol. The second kappa shape index (κ2) is 15.3. The van der Waals surface area contributed by atoms with Crippen LogP contribution in [0, 0.1) is 6.92 Å². The zero-order valence-corrected chi connectivity index (χ0v) is 23.3. The summed E-state index contributed by atoms with van der Waals surface area (Å²) in [4.78, 5) is 33.0. The number of thiophene rings is 1. The van der Waals surface area contributed by atoms with Crippen molar-refractivity contribution in [1.82, 2.24) is 9.80 Å². The van der Waals surface area contributed by atoms with Crippen molar-refractivity contribution in [2.75, 3.05) is 26.8 Å². The maximum Gasteiger partial charge on any atom is 0.254 e. The van der Waals surface area contributed by atoms with Crippen LogP contribution in [0.1, 0.15) is 63.8 Å². The fourth-order valence-corrected chi connectivity index (χ4v) is 5.19. The first-order chi connectivity index (χ1) is 18.0. The van der Waals surface area contributed by atoms with E-state index < -0.39 is 0 Å². The monoisotopic (exact) mass is 520 g/mol. The molecule has 2 amide bonds. The van der Waals surface area contributed by atoms with Crippen molar-refractivity contribution in [3.63, 3.8) is 0 Å². The number of hydrogen-bond donors (Lipinski definition) is 0. The van der Waals surface area contributed by atoms with Gasteiger partial charge in [-0.25, -0.2) is 0 Å². The summed E-state index contributed by atoms with van der Waals surface area (Å²) in [6, 6.07) is 22.0. The van der Waals surface area contributed by atoms with E-state index in [1.165, 1.54) is 23.3 Å². The Hall–Kier alpha value is -2.96. The largest absolute Gasteiger partial charge is 0.385 e. The molecule has 1 heterocycles. The molecule has 0 fully saturated rings. The van der Waals surface area contributed by atoms with Gasteiger partial charge in [0.15, 0.2) is 0 Å². The average Bonchev–Trinajstić information content (AvgIpc) is 3.33. The first kappa shape index (κ1) is 28.6. The number of unbranched alkanes of at least 4 members (excludes halogenated alkanes) is 2. The number of methoxy groups -OCH3 is 1. The number of rotatable bonds is 15. The van der Waals surface area contributed by atoms with Gasteiger partial charge in [0.2, 0.25) is 5.91 Å². The quantitative estimate of drug-likeness (QED) is 0.215. The van der Waals surface area contributed by atoms with E-state index >= 15 is 0 Å². The van der Waals surface area contributed by atoms with E-state index in [0.29, 0.717) is 38.2 Å². The van der Waals surface area contributed by atoms with Crippen molar-refractivity contribution in [3.8, 4) is 0 Å². The zero-order chi connectivity index (χ0) is 26.5. The van der Waals surface area contributed by atoms with Crippen molar-refractivity contribution >= 4 is 23.2 Å². The van der Waals surface area contributed by atoms with Gasteiger partial charge in [-0.2, -0.15) is 0 Å². The highest BCUT2D eigenvalue weighted by Crippen LogP contribution is 2.19. The molecular formula is C31H40N2O3S. The van der Waals surface area contributed by atoms with Crippen LogP contribution >= 0.6 is 11.3 Å². The smallest absolute Gasteiger partial charge is 0.254 e. The molecule has 0 aliphatic heterocycles. The van der Waals surface area contributed by atoms with Crippen LogP contribution in [0.3, 0.4) is 0 Å². The molecule has 0 radical (unpaired) electrons. The van der Waals surface area contributed by atoms with Crippen LogP contribution in [0.25, 0.3) is 0 Å². The minimum absolute atomic E-state index is 0.0397. The number of hydrogen-bond acceptors (Lipinski definition) is 4. The molecule has 0 unspecified atom stereocenters. The third-order valence-corrected chi connectivity index (χ3v) is 7.36. The highest BCUT2D eigenvalue weighted by molar-refractivity contribution is 7.11. The lowest BCUT2D eigenvalue weighted by Crippen LogP contribution is -2.43. The molecule has 0 atom stereocenters. The molecule has 3 aromatic rings. The molecule has 1 aromatic heterocycles. The lowest BCUT2D eigenvalue weighted by atomic mass is 10.0. The van der Waals surface area contributed by atoms with Crippen LogP contribution in [-0.2, 0) is 29.0 Å². The fraction of sp³-hybridized carbons (Fsp3) is 0.419. The lowest BCUT2D eigenvalue weighted by molar-refractivity contribution is -0.133. The molecule has 0 saturated carbocycles. The van der Waals surface area contributed by atoms with Crippen LogP contribution in [-0.4, -0.2) is 48.4 Å². The highest BCUT2D eigenvalue weighted by atomic mass is 32.1. The maximum atomic E-state index is 13.6. The molecule has 0 spiro atoms. The summed E-state index contributed by atoms with van der Waals surface area (Å²) >= 11 is 1.70. The molecule has 5 nitrogen and oxygen atoms in total. The number of ether oxygens (including phenoxy) is 1. The Labute approximate surface area is 226 Å². The van der Waals surface area contributed by atoms with Crippen LogP contribution in [0.15, 0.2) is 66.7 Å². The third-order valence-electron chi connectivity index (χ3n) is 6.37. The molecule has 0 aliphatic carbocycles. The predicted molar refractivity (Wildman–Crippen MR) is 152 cm³/mol. The molecule has 0 N–H and O–H groups in total. The number of benzene rings is 2. The van der Waals surface area contributed by atoms with Gasteiger partial charge in [0.05, 0.1) is 6.54 Å². The van der Waals surface area contributed by atoms with E-state index in [0.717, 1.165) is 23.3 Å². The number of nitrogens with zero attached hydrogens (tertiary/aromatic N) is 2. The standard InChI is InChI=1S/C31H40N2O3S/c1-4-5-7-11-26-15-17-28(18-16-26)31(35)32(20-10-21-36-3)24-30(34)33(22-27-12-8-6-9-13-27)23-29-19-14-25(2)37-29/h6,8-9,12-19H,4-5,7,10-11,20-24H2,1-3H3. The van der Waals surface area contributed by atoms with Gasteiger partial charge < -0.3 is 14.5 Å². The SMILES string of the molecule is CCCCCc1ccc(C(=O)N(CCCOC)CC(=O)N(Cc2ccccc2)Cc2ccc(C)s2)cc1. The van der Waals surface area contributed by atoms with Crippen molar-refractivity contribution in [3.05, 3.63) is 93.2 Å². The van der Waals surface area contributed by atoms with Gasteiger partial charge in [-0.15, -0.1) is 11.3 Å². The highest BCUT2D eigenvalue weighted by Gasteiger charge is 2.23. The predicted octanol–water partition coefficient (Wildman–Crippen LogP) is 6.50. The van der Waals surface area contributed by atoms with E-state index in [-0.39, 0.29) is 18.4 Å². The van der Waals surface area contributed by atoms with Crippen LogP contribution < -0.4 is 0 Å². The van der Waals surface area contributed by atoms with Gasteiger partial charge in [-0.1, -0.05) is 62.2 Å². The van der Waals surface area contributed by atoms with Crippen molar-refractivity contribution in [1.29, 1.82) is 0 Å². The summed E-state index contributed by atoms with van der Waals surface area (Å²) in [7, 11) is 1.65. The Kier molecular flexibility index (Phi) is 11.9. The van der Waals surface area contributed by atoms with Gasteiger partial charge >= 0.3 is 0 Å². The second-order valence-corrected chi connectivity index (χ2v) is 10.8. The summed E-state index contributed by atoms with van der Waals surface area (Å²) in [5.41, 5.74) is 2.93. The number of aryl methyl sites for hydroxylation is 2. The van der Waals surface area contributed by atoms with E-state index in [1.807, 2.05) is 59.5 Å². The molecule has 0 aliphatic rings. The molecule has 0 saturated heterocycles. The van der Waals surface area contributed by atoms with Crippen LogP contribution in [0.5, 0.6) is 0 Å². The van der Waals surface area contributed by atoms with Gasteiger partial charge in [0.1, 0.15) is 6.54 Å². The van der Waals surface area contributed by atoms with Gasteiger partial charge in [0.25, 0.3) is 5.91 Å². The van der Waals surface area contributed by atoms with Gasteiger partial charge in [-0.05, 0) is 61.6 Å². The van der Waals surface area contributed by atoms with Crippen molar-refractivity contribution in [2.45, 2.75) is 59.0 Å². The minimum atomic E-state index is -0.115. The molecule has 3 rings (SSSR count). The summed E-state index contributed by atoms with van der Waals surface area (Å²) in [6.45, 7) is 6.34.